The Morgan fingerprint density at radius 3 is 2.57 bits per heavy atom. The molecule has 5 nitrogen and oxygen atoms in total. The number of halogens is 1. The number of carbonyl (C=O) groups is 1. The van der Waals surface area contributed by atoms with Crippen molar-refractivity contribution in [1.29, 1.82) is 0 Å². The lowest BCUT2D eigenvalue weighted by Crippen LogP contribution is -2.53. The molecule has 1 saturated heterocycles. The molecule has 1 fully saturated rings. The second-order valence-electron chi connectivity index (χ2n) is 4.92. The Balaban J connectivity index is 1.97. The lowest BCUT2D eigenvalue weighted by molar-refractivity contribution is -0.130. The van der Waals surface area contributed by atoms with E-state index in [1.807, 2.05) is 4.90 Å². The van der Waals surface area contributed by atoms with Crippen LogP contribution in [0.15, 0.2) is 20.2 Å². The maximum absolute atomic E-state index is 11.4. The van der Waals surface area contributed by atoms with Crippen LogP contribution in [-0.4, -0.2) is 54.4 Å². The van der Waals surface area contributed by atoms with Gasteiger partial charge < -0.3 is 15.1 Å². The van der Waals surface area contributed by atoms with Gasteiger partial charge in [-0.15, -0.1) is 11.3 Å². The van der Waals surface area contributed by atoms with Crippen molar-refractivity contribution in [2.24, 2.45) is 4.99 Å². The zero-order valence-electron chi connectivity index (χ0n) is 12.4. The van der Waals surface area contributed by atoms with Crippen molar-refractivity contribution in [3.05, 3.63) is 20.8 Å². The van der Waals surface area contributed by atoms with Crippen molar-refractivity contribution < 1.29 is 4.79 Å². The summed E-state index contributed by atoms with van der Waals surface area (Å²) in [7, 11) is 0. The van der Waals surface area contributed by atoms with Gasteiger partial charge in [-0.05, 0) is 39.9 Å². The van der Waals surface area contributed by atoms with E-state index >= 15 is 0 Å². The van der Waals surface area contributed by atoms with Gasteiger partial charge in [0, 0.05) is 39.6 Å². The standard InChI is InChI=1S/C14H21BrN4OS/c1-3-16-14(17-9-12-8-13(15)21-10-12)19-6-4-18(5-7-19)11(2)20/h8,10H,3-7,9H2,1-2H3,(H,16,17). The number of rotatable bonds is 3. The number of piperazine rings is 1. The van der Waals surface area contributed by atoms with Gasteiger partial charge in [0.1, 0.15) is 0 Å². The minimum atomic E-state index is 0.153. The molecule has 0 saturated carbocycles. The van der Waals surface area contributed by atoms with Gasteiger partial charge in [0.25, 0.3) is 0 Å². The Bertz CT molecular complexity index is 509. The Kier molecular flexibility index (Phi) is 6.05. The molecule has 0 aliphatic carbocycles. The topological polar surface area (TPSA) is 47.9 Å². The van der Waals surface area contributed by atoms with Gasteiger partial charge in [-0.1, -0.05) is 0 Å². The van der Waals surface area contributed by atoms with Crippen LogP contribution in [0.5, 0.6) is 0 Å². The third-order valence-corrected chi connectivity index (χ3v) is 4.95. The van der Waals surface area contributed by atoms with Gasteiger partial charge in [0.05, 0.1) is 10.3 Å². The van der Waals surface area contributed by atoms with E-state index in [2.05, 4.69) is 44.5 Å². The summed E-state index contributed by atoms with van der Waals surface area (Å²) in [5, 5.41) is 5.45. The predicted octanol–water partition coefficient (Wildman–Crippen LogP) is 2.14. The molecule has 1 aromatic heterocycles. The van der Waals surface area contributed by atoms with Crippen LogP contribution in [0.4, 0.5) is 0 Å². The fourth-order valence-corrected chi connectivity index (χ4v) is 3.45. The first kappa shape index (κ1) is 16.3. The highest BCUT2D eigenvalue weighted by atomic mass is 79.9. The van der Waals surface area contributed by atoms with Crippen LogP contribution in [0.2, 0.25) is 0 Å². The smallest absolute Gasteiger partial charge is 0.219 e. The number of nitrogens with one attached hydrogen (secondary N) is 1. The number of aliphatic imine (C=N–C) groups is 1. The van der Waals surface area contributed by atoms with Gasteiger partial charge in [0.2, 0.25) is 5.91 Å². The zero-order valence-corrected chi connectivity index (χ0v) is 14.8. The average Bonchev–Trinajstić information content (AvgIpc) is 2.89. The molecule has 2 rings (SSSR count). The lowest BCUT2D eigenvalue weighted by atomic mass is 10.3. The Hall–Kier alpha value is -1.08. The summed E-state index contributed by atoms with van der Waals surface area (Å²) in [5.74, 6) is 1.09. The molecule has 1 aromatic rings. The van der Waals surface area contributed by atoms with E-state index in [1.165, 1.54) is 5.56 Å². The number of guanidine groups is 1. The van der Waals surface area contributed by atoms with Gasteiger partial charge in [0.15, 0.2) is 5.96 Å². The van der Waals surface area contributed by atoms with E-state index < -0.39 is 0 Å². The molecule has 116 valence electrons. The zero-order chi connectivity index (χ0) is 15.2. The molecule has 0 bridgehead atoms. The van der Waals surface area contributed by atoms with Gasteiger partial charge >= 0.3 is 0 Å². The number of thiophene rings is 1. The minimum Gasteiger partial charge on any atom is -0.357 e. The van der Waals surface area contributed by atoms with E-state index in [9.17, 15) is 4.79 Å². The molecule has 1 N–H and O–H groups in total. The molecule has 0 radical (unpaired) electrons. The summed E-state index contributed by atoms with van der Waals surface area (Å²) >= 11 is 5.15. The van der Waals surface area contributed by atoms with E-state index in [4.69, 9.17) is 4.99 Å². The molecular formula is C14H21BrN4OS. The minimum absolute atomic E-state index is 0.153. The predicted molar refractivity (Wildman–Crippen MR) is 90.7 cm³/mol. The summed E-state index contributed by atoms with van der Waals surface area (Å²) in [6.45, 7) is 8.42. The number of carbonyl (C=O) groups excluding carboxylic acids is 1. The first-order chi connectivity index (χ1) is 10.1. The van der Waals surface area contributed by atoms with Crippen molar-refractivity contribution in [3.63, 3.8) is 0 Å². The van der Waals surface area contributed by atoms with Crippen LogP contribution in [0.25, 0.3) is 0 Å². The molecule has 21 heavy (non-hydrogen) atoms. The molecule has 2 heterocycles. The van der Waals surface area contributed by atoms with Gasteiger partial charge in [-0.25, -0.2) is 4.99 Å². The summed E-state index contributed by atoms with van der Waals surface area (Å²) in [4.78, 5) is 20.2. The highest BCUT2D eigenvalue weighted by molar-refractivity contribution is 9.11. The van der Waals surface area contributed by atoms with Crippen molar-refractivity contribution >= 4 is 39.1 Å². The van der Waals surface area contributed by atoms with Crippen molar-refractivity contribution in [2.75, 3.05) is 32.7 Å². The normalized spacial score (nSPS) is 16.2. The molecular weight excluding hydrogens is 352 g/mol. The van der Waals surface area contributed by atoms with Crippen LogP contribution in [0, 0.1) is 0 Å². The summed E-state index contributed by atoms with van der Waals surface area (Å²) in [6, 6.07) is 2.10. The Labute approximate surface area is 138 Å². The van der Waals surface area contributed by atoms with Crippen LogP contribution in [0.3, 0.4) is 0 Å². The maximum Gasteiger partial charge on any atom is 0.219 e. The molecule has 7 heteroatoms. The van der Waals surface area contributed by atoms with E-state index in [1.54, 1.807) is 18.3 Å². The average molecular weight is 373 g/mol. The van der Waals surface area contributed by atoms with Crippen LogP contribution in [-0.2, 0) is 11.3 Å². The number of hydrogen-bond donors (Lipinski definition) is 1. The third kappa shape index (κ3) is 4.71. The van der Waals surface area contributed by atoms with Crippen molar-refractivity contribution in [1.82, 2.24) is 15.1 Å². The van der Waals surface area contributed by atoms with Crippen LogP contribution in [0.1, 0.15) is 19.4 Å². The highest BCUT2D eigenvalue weighted by Gasteiger charge is 2.20. The molecule has 1 amide bonds. The molecule has 1 aliphatic heterocycles. The fourth-order valence-electron chi connectivity index (χ4n) is 2.25. The molecule has 0 atom stereocenters. The van der Waals surface area contributed by atoms with E-state index in [0.717, 1.165) is 42.5 Å². The van der Waals surface area contributed by atoms with Gasteiger partial charge in [-0.2, -0.15) is 0 Å². The molecule has 1 aliphatic rings. The second kappa shape index (κ2) is 7.79. The summed E-state index contributed by atoms with van der Waals surface area (Å²) in [6.07, 6.45) is 0. The SMILES string of the molecule is CCNC(=NCc1csc(Br)c1)N1CCN(C(C)=O)CC1. The summed E-state index contributed by atoms with van der Waals surface area (Å²) in [5.41, 5.74) is 1.21. The maximum atomic E-state index is 11.4. The fraction of sp³-hybridized carbons (Fsp3) is 0.571. The molecule has 0 aromatic carbocycles. The van der Waals surface area contributed by atoms with Crippen LogP contribution >= 0.6 is 27.3 Å². The Morgan fingerprint density at radius 2 is 2.05 bits per heavy atom. The monoisotopic (exact) mass is 372 g/mol. The quantitative estimate of drug-likeness (QED) is 0.653. The molecule has 0 unspecified atom stereocenters. The lowest BCUT2D eigenvalue weighted by Gasteiger charge is -2.36. The van der Waals surface area contributed by atoms with Gasteiger partial charge in [-0.3, -0.25) is 4.79 Å². The first-order valence-electron chi connectivity index (χ1n) is 7.12. The number of hydrogen-bond acceptors (Lipinski definition) is 3. The van der Waals surface area contributed by atoms with Crippen LogP contribution < -0.4 is 5.32 Å². The second-order valence-corrected chi connectivity index (χ2v) is 7.21. The van der Waals surface area contributed by atoms with E-state index in [-0.39, 0.29) is 5.91 Å². The molecule has 0 spiro atoms. The third-order valence-electron chi connectivity index (χ3n) is 3.39. The summed E-state index contributed by atoms with van der Waals surface area (Å²) < 4.78 is 1.13. The number of nitrogens with zero attached hydrogens (tertiary/aromatic N) is 3. The van der Waals surface area contributed by atoms with Crippen molar-refractivity contribution in [3.8, 4) is 0 Å². The first-order valence-corrected chi connectivity index (χ1v) is 8.79. The van der Waals surface area contributed by atoms with Crippen molar-refractivity contribution in [2.45, 2.75) is 20.4 Å². The number of amides is 1. The largest absolute Gasteiger partial charge is 0.357 e. The highest BCUT2D eigenvalue weighted by Crippen LogP contribution is 2.21. The van der Waals surface area contributed by atoms with E-state index in [0.29, 0.717) is 6.54 Å². The Morgan fingerprint density at radius 1 is 1.38 bits per heavy atom.